The minimum atomic E-state index is 1.04. The summed E-state index contributed by atoms with van der Waals surface area (Å²) < 4.78 is 2.15. The highest BCUT2D eigenvalue weighted by molar-refractivity contribution is 7.99. The second-order valence-corrected chi connectivity index (χ2v) is 4.45. The van der Waals surface area contributed by atoms with Crippen molar-refractivity contribution in [3.8, 4) is 0 Å². The molecular formula is C10H18N2S. The summed E-state index contributed by atoms with van der Waals surface area (Å²) in [7, 11) is 0. The summed E-state index contributed by atoms with van der Waals surface area (Å²) in [6, 6.07) is 4.27. The molecule has 0 aliphatic carbocycles. The zero-order valence-electron chi connectivity index (χ0n) is 8.63. The van der Waals surface area contributed by atoms with E-state index in [0.29, 0.717) is 0 Å². The van der Waals surface area contributed by atoms with Gasteiger partial charge in [0.15, 0.2) is 0 Å². The van der Waals surface area contributed by atoms with E-state index < -0.39 is 0 Å². The van der Waals surface area contributed by atoms with Gasteiger partial charge in [0.1, 0.15) is 0 Å². The van der Waals surface area contributed by atoms with Crippen LogP contribution in [0.1, 0.15) is 18.3 Å². The van der Waals surface area contributed by atoms with E-state index in [9.17, 15) is 0 Å². The summed E-state index contributed by atoms with van der Waals surface area (Å²) >= 11 is 1.97. The molecule has 0 saturated carbocycles. The molecule has 1 N–H and O–H groups in total. The fourth-order valence-corrected chi connectivity index (χ4v) is 1.82. The number of aromatic nitrogens is 1. The first-order chi connectivity index (χ1) is 6.25. The van der Waals surface area contributed by atoms with Crippen molar-refractivity contribution in [1.82, 2.24) is 4.68 Å². The SMILES string of the molecule is CCSCCNn1c(C)ccc1C. The first-order valence-electron chi connectivity index (χ1n) is 4.72. The summed E-state index contributed by atoms with van der Waals surface area (Å²) in [5, 5.41) is 0. The van der Waals surface area contributed by atoms with E-state index in [-0.39, 0.29) is 0 Å². The van der Waals surface area contributed by atoms with E-state index in [2.05, 4.69) is 43.0 Å². The lowest BCUT2D eigenvalue weighted by molar-refractivity contribution is 0.814. The fraction of sp³-hybridized carbons (Fsp3) is 0.600. The fourth-order valence-electron chi connectivity index (χ4n) is 1.29. The van der Waals surface area contributed by atoms with Gasteiger partial charge in [-0.3, -0.25) is 4.68 Å². The highest BCUT2D eigenvalue weighted by atomic mass is 32.2. The van der Waals surface area contributed by atoms with Crippen molar-refractivity contribution in [2.24, 2.45) is 0 Å². The Balaban J connectivity index is 2.36. The number of aryl methyl sites for hydroxylation is 2. The van der Waals surface area contributed by atoms with Gasteiger partial charge in [-0.25, -0.2) is 0 Å². The van der Waals surface area contributed by atoms with E-state index in [0.717, 1.165) is 6.54 Å². The molecule has 13 heavy (non-hydrogen) atoms. The molecule has 1 aromatic heterocycles. The van der Waals surface area contributed by atoms with Crippen molar-refractivity contribution in [2.45, 2.75) is 20.8 Å². The summed E-state index contributed by atoms with van der Waals surface area (Å²) in [6.07, 6.45) is 0. The number of hydrogen-bond donors (Lipinski definition) is 1. The van der Waals surface area contributed by atoms with Gasteiger partial charge >= 0.3 is 0 Å². The van der Waals surface area contributed by atoms with Crippen LogP contribution < -0.4 is 5.43 Å². The molecule has 0 amide bonds. The number of hydrogen-bond acceptors (Lipinski definition) is 2. The topological polar surface area (TPSA) is 17.0 Å². The molecule has 0 radical (unpaired) electrons. The Morgan fingerprint density at radius 2 is 1.92 bits per heavy atom. The molecule has 1 aromatic rings. The number of thioether (sulfide) groups is 1. The quantitative estimate of drug-likeness (QED) is 0.732. The summed E-state index contributed by atoms with van der Waals surface area (Å²) in [4.78, 5) is 0. The van der Waals surface area contributed by atoms with Crippen LogP contribution in [0.5, 0.6) is 0 Å². The Labute approximate surface area is 84.7 Å². The van der Waals surface area contributed by atoms with Gasteiger partial charge in [0.05, 0.1) is 0 Å². The van der Waals surface area contributed by atoms with E-state index in [1.807, 2.05) is 11.8 Å². The molecule has 74 valence electrons. The molecule has 1 heterocycles. The molecule has 3 heteroatoms. The van der Waals surface area contributed by atoms with Gasteiger partial charge in [0.2, 0.25) is 0 Å². The van der Waals surface area contributed by atoms with Gasteiger partial charge < -0.3 is 5.43 Å². The molecule has 2 nitrogen and oxygen atoms in total. The predicted octanol–water partition coefficient (Wildman–Crippen LogP) is 2.40. The maximum Gasteiger partial charge on any atom is 0.0404 e. The first kappa shape index (κ1) is 10.5. The third-order valence-corrected chi connectivity index (χ3v) is 2.89. The molecule has 0 bridgehead atoms. The minimum Gasteiger partial charge on any atom is -0.325 e. The minimum absolute atomic E-state index is 1.04. The summed E-state index contributed by atoms with van der Waals surface area (Å²) in [5.41, 5.74) is 5.95. The van der Waals surface area contributed by atoms with Crippen molar-refractivity contribution in [3.05, 3.63) is 23.5 Å². The zero-order valence-corrected chi connectivity index (χ0v) is 9.45. The van der Waals surface area contributed by atoms with Gasteiger partial charge in [0, 0.05) is 23.7 Å². The molecule has 1 rings (SSSR count). The van der Waals surface area contributed by atoms with Gasteiger partial charge in [-0.1, -0.05) is 6.92 Å². The van der Waals surface area contributed by atoms with Crippen LogP contribution in [0, 0.1) is 13.8 Å². The Morgan fingerprint density at radius 3 is 2.46 bits per heavy atom. The molecule has 0 unspecified atom stereocenters. The maximum atomic E-state index is 3.39. The largest absolute Gasteiger partial charge is 0.325 e. The molecule has 0 aromatic carbocycles. The molecule has 0 atom stereocenters. The van der Waals surface area contributed by atoms with Crippen LogP contribution in [0.25, 0.3) is 0 Å². The number of nitrogens with one attached hydrogen (secondary N) is 1. The molecule has 0 aliphatic rings. The average Bonchev–Trinajstić information content (AvgIpc) is 2.42. The van der Waals surface area contributed by atoms with Crippen LogP contribution in [-0.4, -0.2) is 22.7 Å². The first-order valence-corrected chi connectivity index (χ1v) is 5.87. The average molecular weight is 198 g/mol. The van der Waals surface area contributed by atoms with Gasteiger partial charge in [-0.2, -0.15) is 11.8 Å². The van der Waals surface area contributed by atoms with Crippen LogP contribution in [0.15, 0.2) is 12.1 Å². The second-order valence-electron chi connectivity index (χ2n) is 3.06. The highest BCUT2D eigenvalue weighted by Gasteiger charge is 1.98. The Morgan fingerprint density at radius 1 is 1.31 bits per heavy atom. The Hall–Kier alpha value is -0.570. The van der Waals surface area contributed by atoms with Crippen molar-refractivity contribution in [2.75, 3.05) is 23.5 Å². The van der Waals surface area contributed by atoms with E-state index in [4.69, 9.17) is 0 Å². The second kappa shape index (κ2) is 5.22. The summed E-state index contributed by atoms with van der Waals surface area (Å²) in [6.45, 7) is 7.46. The normalized spacial score (nSPS) is 10.4. The third kappa shape index (κ3) is 2.99. The van der Waals surface area contributed by atoms with Gasteiger partial charge in [0.25, 0.3) is 0 Å². The van der Waals surface area contributed by atoms with Crippen LogP contribution in [-0.2, 0) is 0 Å². The smallest absolute Gasteiger partial charge is 0.0404 e. The van der Waals surface area contributed by atoms with E-state index >= 15 is 0 Å². The molecule has 0 spiro atoms. The lowest BCUT2D eigenvalue weighted by Crippen LogP contribution is -2.19. The Bertz CT molecular complexity index is 236. The van der Waals surface area contributed by atoms with Crippen LogP contribution in [0.2, 0.25) is 0 Å². The number of nitrogens with zero attached hydrogens (tertiary/aromatic N) is 1. The van der Waals surface area contributed by atoms with Crippen molar-refractivity contribution < 1.29 is 0 Å². The standard InChI is InChI=1S/C10H18N2S/c1-4-13-8-7-11-12-9(2)5-6-10(12)3/h5-6,11H,4,7-8H2,1-3H3. The highest BCUT2D eigenvalue weighted by Crippen LogP contribution is 2.04. The van der Waals surface area contributed by atoms with Gasteiger partial charge in [-0.15, -0.1) is 0 Å². The van der Waals surface area contributed by atoms with E-state index in [1.165, 1.54) is 22.9 Å². The lowest BCUT2D eigenvalue weighted by atomic mass is 10.5. The van der Waals surface area contributed by atoms with Crippen LogP contribution in [0.3, 0.4) is 0 Å². The number of rotatable bonds is 5. The molecule has 0 saturated heterocycles. The van der Waals surface area contributed by atoms with E-state index in [1.54, 1.807) is 0 Å². The molecule has 0 aliphatic heterocycles. The van der Waals surface area contributed by atoms with Crippen molar-refractivity contribution >= 4 is 11.8 Å². The Kier molecular flexibility index (Phi) is 4.22. The molecular weight excluding hydrogens is 180 g/mol. The zero-order chi connectivity index (χ0) is 9.68. The van der Waals surface area contributed by atoms with Gasteiger partial charge in [-0.05, 0) is 31.7 Å². The third-order valence-electron chi connectivity index (χ3n) is 1.99. The lowest BCUT2D eigenvalue weighted by Gasteiger charge is -2.11. The molecule has 0 fully saturated rings. The van der Waals surface area contributed by atoms with Crippen LogP contribution in [0.4, 0.5) is 0 Å². The predicted molar refractivity (Wildman–Crippen MR) is 61.1 cm³/mol. The maximum absolute atomic E-state index is 3.39. The summed E-state index contributed by atoms with van der Waals surface area (Å²) in [5.74, 6) is 2.37. The van der Waals surface area contributed by atoms with Crippen molar-refractivity contribution in [1.29, 1.82) is 0 Å². The van der Waals surface area contributed by atoms with Crippen molar-refractivity contribution in [3.63, 3.8) is 0 Å². The monoisotopic (exact) mass is 198 g/mol. The van der Waals surface area contributed by atoms with Crippen LogP contribution >= 0.6 is 11.8 Å².